The number of nitrogens with one attached hydrogen (secondary N) is 2. The van der Waals surface area contributed by atoms with Crippen molar-refractivity contribution in [1.29, 1.82) is 0 Å². The van der Waals surface area contributed by atoms with Gasteiger partial charge in [-0.1, -0.05) is 0 Å². The lowest BCUT2D eigenvalue weighted by molar-refractivity contribution is -0.125. The summed E-state index contributed by atoms with van der Waals surface area (Å²) in [5.74, 6) is 0.377. The Morgan fingerprint density at radius 2 is 2.17 bits per heavy atom. The number of aryl methyl sites for hydroxylation is 1. The Morgan fingerprint density at radius 1 is 1.30 bits per heavy atom. The van der Waals surface area contributed by atoms with Crippen LogP contribution in [0.1, 0.15) is 41.8 Å². The predicted molar refractivity (Wildman–Crippen MR) is 117 cm³/mol. The van der Waals surface area contributed by atoms with Gasteiger partial charge in [0.05, 0.1) is 17.6 Å². The van der Waals surface area contributed by atoms with Gasteiger partial charge in [0, 0.05) is 23.1 Å². The van der Waals surface area contributed by atoms with Crippen molar-refractivity contribution in [3.63, 3.8) is 0 Å². The Labute approximate surface area is 177 Å². The molecule has 2 aliphatic rings. The second-order valence-electron chi connectivity index (χ2n) is 8.13. The number of fused-ring (bicyclic) bond motifs is 4. The minimum absolute atomic E-state index is 0.0224. The van der Waals surface area contributed by atoms with E-state index in [-0.39, 0.29) is 23.7 Å². The number of carbonyl (C=O) groups excluding carboxylic acids is 1. The van der Waals surface area contributed by atoms with E-state index in [1.807, 2.05) is 13.8 Å². The highest BCUT2D eigenvalue weighted by Crippen LogP contribution is 2.40. The number of hydrogen-bond acceptors (Lipinski definition) is 6. The molecule has 2 aromatic heterocycles. The molecular formula is C22H22FN5OS. The van der Waals surface area contributed by atoms with Gasteiger partial charge in [0.15, 0.2) is 0 Å². The molecule has 2 N–H and O–H groups in total. The number of thiophene rings is 1. The summed E-state index contributed by atoms with van der Waals surface area (Å²) < 4.78 is 14.6. The van der Waals surface area contributed by atoms with Gasteiger partial charge in [-0.2, -0.15) is 0 Å². The number of carbonyl (C=O) groups is 1. The normalized spacial score (nSPS) is 17.3. The molecule has 1 aromatic carbocycles. The van der Waals surface area contributed by atoms with Gasteiger partial charge in [-0.15, -0.1) is 11.3 Å². The molecule has 0 saturated carbocycles. The Kier molecular flexibility index (Phi) is 4.73. The highest BCUT2D eigenvalue weighted by Gasteiger charge is 2.29. The molecule has 5 rings (SSSR count). The van der Waals surface area contributed by atoms with E-state index in [9.17, 15) is 9.18 Å². The van der Waals surface area contributed by atoms with Crippen molar-refractivity contribution in [2.24, 2.45) is 10.9 Å². The molecule has 1 atom stereocenters. The molecule has 154 valence electrons. The Bertz CT molecular complexity index is 1190. The van der Waals surface area contributed by atoms with E-state index < -0.39 is 0 Å². The van der Waals surface area contributed by atoms with Crippen LogP contribution in [0.4, 0.5) is 15.9 Å². The van der Waals surface area contributed by atoms with E-state index in [2.05, 4.69) is 25.6 Å². The monoisotopic (exact) mass is 423 g/mol. The second-order valence-corrected chi connectivity index (χ2v) is 9.22. The van der Waals surface area contributed by atoms with Crippen LogP contribution in [0, 0.1) is 11.7 Å². The maximum atomic E-state index is 14.6. The molecule has 3 aromatic rings. The summed E-state index contributed by atoms with van der Waals surface area (Å²) in [4.78, 5) is 27.6. The van der Waals surface area contributed by atoms with Gasteiger partial charge < -0.3 is 10.6 Å². The van der Waals surface area contributed by atoms with Crippen molar-refractivity contribution in [3.8, 4) is 0 Å². The van der Waals surface area contributed by atoms with Crippen LogP contribution in [0.3, 0.4) is 0 Å². The van der Waals surface area contributed by atoms with Gasteiger partial charge in [0.2, 0.25) is 5.91 Å². The van der Waals surface area contributed by atoms with Crippen LogP contribution in [0.5, 0.6) is 0 Å². The summed E-state index contributed by atoms with van der Waals surface area (Å²) in [5, 5.41) is 7.14. The van der Waals surface area contributed by atoms with Crippen LogP contribution in [-0.4, -0.2) is 28.1 Å². The van der Waals surface area contributed by atoms with E-state index in [1.54, 1.807) is 23.6 Å². The number of benzene rings is 1. The fourth-order valence-electron chi connectivity index (χ4n) is 4.19. The molecule has 6 nitrogen and oxygen atoms in total. The summed E-state index contributed by atoms with van der Waals surface area (Å²) in [5.41, 5.74) is 3.38. The van der Waals surface area contributed by atoms with Crippen molar-refractivity contribution < 1.29 is 9.18 Å². The lowest BCUT2D eigenvalue weighted by Gasteiger charge is -2.23. The summed E-state index contributed by atoms with van der Waals surface area (Å²) in [7, 11) is 0. The quantitative estimate of drug-likeness (QED) is 0.661. The Morgan fingerprint density at radius 3 is 3.00 bits per heavy atom. The van der Waals surface area contributed by atoms with Crippen molar-refractivity contribution >= 4 is 45.2 Å². The SMILES string of the molecule is CC(C)NC(=O)C1CCc2c(sc3ncnc(Nc4cc5c(cc4F)CN=C5)c23)C1. The zero-order chi connectivity index (χ0) is 20.8. The standard InChI is InChI=1S/C22H22FN5OS/c1-11(2)27-21(29)12-3-4-15-18(7-12)30-22-19(15)20(25-10-26-22)28-17-6-14-9-24-8-13(14)5-16(17)23/h5-6,9-12H,3-4,7-8H2,1-2H3,(H,27,29)(H,25,26,28). The zero-order valence-corrected chi connectivity index (χ0v) is 17.6. The lowest BCUT2D eigenvalue weighted by Crippen LogP contribution is -2.37. The molecule has 0 radical (unpaired) electrons. The fraction of sp³-hybridized carbons (Fsp3) is 0.364. The van der Waals surface area contributed by atoms with E-state index >= 15 is 0 Å². The minimum atomic E-state index is -0.319. The average molecular weight is 424 g/mol. The maximum Gasteiger partial charge on any atom is 0.223 e. The highest BCUT2D eigenvalue weighted by atomic mass is 32.1. The topological polar surface area (TPSA) is 79.3 Å². The van der Waals surface area contributed by atoms with E-state index in [4.69, 9.17) is 0 Å². The molecule has 0 fully saturated rings. The molecule has 1 unspecified atom stereocenters. The first-order valence-electron chi connectivity index (χ1n) is 10.1. The van der Waals surface area contributed by atoms with Crippen LogP contribution in [0.25, 0.3) is 10.2 Å². The van der Waals surface area contributed by atoms with E-state index in [0.29, 0.717) is 24.5 Å². The van der Waals surface area contributed by atoms with Gasteiger partial charge >= 0.3 is 0 Å². The summed E-state index contributed by atoms with van der Waals surface area (Å²) >= 11 is 1.60. The van der Waals surface area contributed by atoms with Crippen molar-refractivity contribution in [2.75, 3.05) is 5.32 Å². The summed E-state index contributed by atoms with van der Waals surface area (Å²) in [6.07, 6.45) is 5.55. The molecule has 0 spiro atoms. The summed E-state index contributed by atoms with van der Waals surface area (Å²) in [6.45, 7) is 4.47. The molecular weight excluding hydrogens is 401 g/mol. The highest BCUT2D eigenvalue weighted by molar-refractivity contribution is 7.19. The molecule has 1 amide bonds. The van der Waals surface area contributed by atoms with Crippen LogP contribution in [0.15, 0.2) is 23.5 Å². The number of aromatic nitrogens is 2. The number of aliphatic imine (C=N–C) groups is 1. The molecule has 8 heteroatoms. The second kappa shape index (κ2) is 7.43. The van der Waals surface area contributed by atoms with E-state index in [0.717, 1.165) is 34.2 Å². The van der Waals surface area contributed by atoms with Gasteiger partial charge in [-0.05, 0) is 61.9 Å². The van der Waals surface area contributed by atoms with Crippen LogP contribution in [0.2, 0.25) is 0 Å². The number of amides is 1. The first-order chi connectivity index (χ1) is 14.5. The first-order valence-corrected chi connectivity index (χ1v) is 11.0. The maximum absolute atomic E-state index is 14.6. The molecule has 0 saturated heterocycles. The van der Waals surface area contributed by atoms with Gasteiger partial charge in [0.25, 0.3) is 0 Å². The van der Waals surface area contributed by atoms with Gasteiger partial charge in [0.1, 0.15) is 22.8 Å². The third-order valence-electron chi connectivity index (χ3n) is 5.62. The fourth-order valence-corrected chi connectivity index (χ4v) is 5.45. The van der Waals surface area contributed by atoms with Gasteiger partial charge in [-0.3, -0.25) is 9.79 Å². The smallest absolute Gasteiger partial charge is 0.223 e. The average Bonchev–Trinajstić information content (AvgIpc) is 3.31. The number of hydrogen-bond donors (Lipinski definition) is 2. The third-order valence-corrected chi connectivity index (χ3v) is 6.78. The number of anilines is 2. The molecule has 0 bridgehead atoms. The third kappa shape index (κ3) is 3.35. The zero-order valence-electron chi connectivity index (χ0n) is 16.8. The van der Waals surface area contributed by atoms with Crippen LogP contribution < -0.4 is 10.6 Å². The van der Waals surface area contributed by atoms with Crippen LogP contribution >= 0.6 is 11.3 Å². The number of halogens is 1. The Hall–Kier alpha value is -2.87. The molecule has 3 heterocycles. The molecule has 1 aliphatic heterocycles. The first kappa shape index (κ1) is 19.1. The Balaban J connectivity index is 1.48. The summed E-state index contributed by atoms with van der Waals surface area (Å²) in [6, 6.07) is 3.44. The number of nitrogens with zero attached hydrogens (tertiary/aromatic N) is 3. The predicted octanol–water partition coefficient (Wildman–Crippen LogP) is 4.14. The van der Waals surface area contributed by atoms with Gasteiger partial charge in [-0.25, -0.2) is 14.4 Å². The van der Waals surface area contributed by atoms with E-state index in [1.165, 1.54) is 22.8 Å². The van der Waals surface area contributed by atoms with Crippen molar-refractivity contribution in [3.05, 3.63) is 45.8 Å². The van der Waals surface area contributed by atoms with Crippen molar-refractivity contribution in [1.82, 2.24) is 15.3 Å². The minimum Gasteiger partial charge on any atom is -0.354 e. The molecule has 30 heavy (non-hydrogen) atoms. The molecule has 1 aliphatic carbocycles. The van der Waals surface area contributed by atoms with Crippen LogP contribution in [-0.2, 0) is 24.2 Å². The lowest BCUT2D eigenvalue weighted by atomic mass is 9.87. The number of rotatable bonds is 4. The largest absolute Gasteiger partial charge is 0.354 e. The van der Waals surface area contributed by atoms with Crippen molar-refractivity contribution in [2.45, 2.75) is 45.7 Å².